The molecule has 0 fully saturated rings. The lowest BCUT2D eigenvalue weighted by Crippen LogP contribution is -2.28. The monoisotopic (exact) mass is 526 g/mol. The number of hydrogen-bond donors (Lipinski definition) is 2. The highest BCUT2D eigenvalue weighted by Gasteiger charge is 2.49. The van der Waals surface area contributed by atoms with Gasteiger partial charge in [-0.25, -0.2) is 13.2 Å². The Bertz CT molecular complexity index is 1230. The van der Waals surface area contributed by atoms with Crippen LogP contribution >= 0.6 is 11.6 Å². The summed E-state index contributed by atoms with van der Waals surface area (Å²) in [5.41, 5.74) is -11.4. The van der Waals surface area contributed by atoms with Crippen molar-refractivity contribution in [3.05, 3.63) is 47.5 Å². The Morgan fingerprint density at radius 2 is 1.31 bits per heavy atom. The van der Waals surface area contributed by atoms with E-state index in [2.05, 4.69) is 14.8 Å². The highest BCUT2D eigenvalue weighted by atomic mass is 35.5. The van der Waals surface area contributed by atoms with Crippen molar-refractivity contribution in [2.45, 2.75) is 15.9 Å². The van der Waals surface area contributed by atoms with E-state index >= 15 is 0 Å². The van der Waals surface area contributed by atoms with Gasteiger partial charge in [-0.1, -0.05) is 11.6 Å². The largest absolute Gasteiger partial charge is 0.534 e. The molecular formula is C15H9ClF6N2O6S2. The Hall–Kier alpha value is -2.72. The molecule has 2 rings (SSSR count). The summed E-state index contributed by atoms with van der Waals surface area (Å²) in [5, 5.41) is 3.72. The number of anilines is 2. The lowest BCUT2D eigenvalue weighted by atomic mass is 10.3. The van der Waals surface area contributed by atoms with Gasteiger partial charge in [0, 0.05) is 11.4 Å². The van der Waals surface area contributed by atoms with Gasteiger partial charge in [0.2, 0.25) is 0 Å². The van der Waals surface area contributed by atoms with Crippen molar-refractivity contribution in [3.8, 4) is 5.75 Å². The van der Waals surface area contributed by atoms with Gasteiger partial charge in [0.1, 0.15) is 0 Å². The van der Waals surface area contributed by atoms with Crippen molar-refractivity contribution in [1.82, 2.24) is 0 Å². The maximum Gasteiger partial charge on any atom is 0.534 e. The van der Waals surface area contributed by atoms with Crippen molar-refractivity contribution in [3.63, 3.8) is 0 Å². The number of carbonyl (C=O) groups excluding carboxylic acids is 1. The molecule has 32 heavy (non-hydrogen) atoms. The third kappa shape index (κ3) is 5.74. The van der Waals surface area contributed by atoms with Gasteiger partial charge in [0.05, 0.1) is 9.92 Å². The summed E-state index contributed by atoms with van der Waals surface area (Å²) in [6.45, 7) is 0. The summed E-state index contributed by atoms with van der Waals surface area (Å²) in [7, 11) is -11.5. The Morgan fingerprint density at radius 3 is 1.78 bits per heavy atom. The number of benzene rings is 2. The minimum absolute atomic E-state index is 0.106. The van der Waals surface area contributed by atoms with E-state index in [1.165, 1.54) is 0 Å². The number of sulfone groups is 1. The average molecular weight is 527 g/mol. The fourth-order valence-electron chi connectivity index (χ4n) is 1.96. The van der Waals surface area contributed by atoms with Crippen LogP contribution in [0.3, 0.4) is 0 Å². The molecule has 8 nitrogen and oxygen atoms in total. The molecule has 2 amide bonds. The minimum atomic E-state index is -5.97. The van der Waals surface area contributed by atoms with E-state index in [9.17, 15) is 48.0 Å². The average Bonchev–Trinajstić information content (AvgIpc) is 2.62. The first-order valence-electron chi connectivity index (χ1n) is 7.74. The standard InChI is InChI=1S/C15H9ClF6N2O6S2/c16-11-7-9(3-6-12(11)30-32(28,29)15(20,21)22)24-13(25)23-8-1-4-10(5-2-8)31(26,27)14(17,18)19/h1-7H,(H2,23,24,25). The van der Waals surface area contributed by atoms with Crippen LogP contribution < -0.4 is 14.8 Å². The zero-order chi connectivity index (χ0) is 24.5. The number of halogens is 7. The lowest BCUT2D eigenvalue weighted by Gasteiger charge is -2.12. The molecule has 0 aliphatic heterocycles. The van der Waals surface area contributed by atoms with Crippen molar-refractivity contribution < 1.29 is 52.2 Å². The van der Waals surface area contributed by atoms with Gasteiger partial charge >= 0.3 is 27.2 Å². The molecule has 176 valence electrons. The van der Waals surface area contributed by atoms with Gasteiger partial charge in [-0.3, -0.25) is 0 Å². The second-order valence-electron chi connectivity index (χ2n) is 5.68. The first-order chi connectivity index (χ1) is 14.4. The number of amides is 2. The summed E-state index contributed by atoms with van der Waals surface area (Å²) in [4.78, 5) is 10.9. The van der Waals surface area contributed by atoms with Crippen molar-refractivity contribution in [2.24, 2.45) is 0 Å². The van der Waals surface area contributed by atoms with Crippen molar-refractivity contribution >= 4 is 49.0 Å². The lowest BCUT2D eigenvalue weighted by molar-refractivity contribution is -0.0500. The fraction of sp³-hybridized carbons (Fsp3) is 0.133. The first kappa shape index (κ1) is 25.5. The topological polar surface area (TPSA) is 119 Å². The van der Waals surface area contributed by atoms with Crippen LogP contribution in [0.1, 0.15) is 0 Å². The van der Waals surface area contributed by atoms with Crippen LogP contribution in [0.25, 0.3) is 0 Å². The van der Waals surface area contributed by atoms with E-state index in [-0.39, 0.29) is 11.4 Å². The van der Waals surface area contributed by atoms with E-state index in [4.69, 9.17) is 11.6 Å². The molecule has 0 saturated heterocycles. The highest BCUT2D eigenvalue weighted by Crippen LogP contribution is 2.33. The van der Waals surface area contributed by atoms with Gasteiger partial charge in [0.25, 0.3) is 9.84 Å². The van der Waals surface area contributed by atoms with Gasteiger partial charge in [-0.2, -0.15) is 34.8 Å². The molecule has 0 aliphatic rings. The SMILES string of the molecule is O=C(Nc1ccc(S(=O)(=O)C(F)(F)F)cc1)Nc1ccc(OS(=O)(=O)C(F)(F)F)c(Cl)c1. The summed E-state index contributed by atoms with van der Waals surface area (Å²) in [6, 6.07) is 4.54. The second-order valence-corrected chi connectivity index (χ2v) is 9.57. The Labute approximate surface area is 181 Å². The zero-order valence-electron chi connectivity index (χ0n) is 15.0. The van der Waals surface area contributed by atoms with Gasteiger partial charge in [-0.15, -0.1) is 0 Å². The van der Waals surface area contributed by atoms with Gasteiger partial charge in [-0.05, 0) is 42.5 Å². The molecule has 0 bridgehead atoms. The number of urea groups is 1. The van der Waals surface area contributed by atoms with Crippen LogP contribution in [0.2, 0.25) is 5.02 Å². The molecule has 2 aromatic rings. The molecule has 0 heterocycles. The summed E-state index contributed by atoms with van der Waals surface area (Å²) < 4.78 is 123. The molecule has 0 radical (unpaired) electrons. The van der Waals surface area contributed by atoms with E-state index in [1.54, 1.807) is 0 Å². The van der Waals surface area contributed by atoms with Gasteiger partial charge in [0.15, 0.2) is 5.75 Å². The van der Waals surface area contributed by atoms with E-state index in [0.29, 0.717) is 12.1 Å². The van der Waals surface area contributed by atoms with Crippen LogP contribution in [0.5, 0.6) is 5.75 Å². The van der Waals surface area contributed by atoms with E-state index < -0.39 is 52.7 Å². The molecule has 0 unspecified atom stereocenters. The third-order valence-corrected chi connectivity index (χ3v) is 6.16. The number of nitrogens with one attached hydrogen (secondary N) is 2. The Kier molecular flexibility index (Phi) is 6.92. The summed E-state index contributed by atoms with van der Waals surface area (Å²) in [6.07, 6.45) is 0. The zero-order valence-corrected chi connectivity index (χ0v) is 17.3. The normalized spacial score (nSPS) is 12.8. The fourth-order valence-corrected chi connectivity index (χ4v) is 3.46. The number of rotatable bonds is 5. The molecule has 2 N–H and O–H groups in total. The van der Waals surface area contributed by atoms with Crippen LogP contribution in [0.4, 0.5) is 42.5 Å². The molecule has 2 aromatic carbocycles. The third-order valence-electron chi connectivity index (χ3n) is 3.40. The predicted molar refractivity (Wildman–Crippen MR) is 99.4 cm³/mol. The highest BCUT2D eigenvalue weighted by molar-refractivity contribution is 7.92. The van der Waals surface area contributed by atoms with Crippen molar-refractivity contribution in [2.75, 3.05) is 10.6 Å². The number of carbonyl (C=O) groups is 1. The maximum atomic E-state index is 12.5. The maximum absolute atomic E-state index is 12.5. The molecule has 0 aliphatic carbocycles. The van der Waals surface area contributed by atoms with E-state index in [0.717, 1.165) is 30.3 Å². The van der Waals surface area contributed by atoms with Crippen molar-refractivity contribution in [1.29, 1.82) is 0 Å². The smallest absolute Gasteiger partial charge is 0.374 e. The Morgan fingerprint density at radius 1 is 0.812 bits per heavy atom. The van der Waals surface area contributed by atoms with Crippen LogP contribution in [0, 0.1) is 0 Å². The number of hydrogen-bond acceptors (Lipinski definition) is 6. The van der Waals surface area contributed by atoms with Crippen LogP contribution in [0.15, 0.2) is 47.4 Å². The minimum Gasteiger partial charge on any atom is -0.374 e. The number of alkyl halides is 6. The molecule has 0 atom stereocenters. The van der Waals surface area contributed by atoms with Gasteiger partial charge < -0.3 is 14.8 Å². The quantitative estimate of drug-likeness (QED) is 0.336. The molecule has 0 spiro atoms. The summed E-state index contributed by atoms with van der Waals surface area (Å²) >= 11 is 5.65. The molecule has 0 saturated carbocycles. The first-order valence-corrected chi connectivity index (χ1v) is 11.0. The van der Waals surface area contributed by atoms with E-state index in [1.807, 2.05) is 0 Å². The molecule has 17 heteroatoms. The second kappa shape index (κ2) is 8.67. The molecular weight excluding hydrogens is 518 g/mol. The van der Waals surface area contributed by atoms with Crippen LogP contribution in [-0.4, -0.2) is 33.9 Å². The predicted octanol–water partition coefficient (Wildman–Crippen LogP) is 4.51. The Balaban J connectivity index is 2.08. The summed E-state index contributed by atoms with van der Waals surface area (Å²) in [5.74, 6) is -0.864. The van der Waals surface area contributed by atoms with Crippen LogP contribution in [-0.2, 0) is 20.0 Å². The molecule has 0 aromatic heterocycles.